The maximum absolute atomic E-state index is 11.4. The number of aromatic hydroxyl groups is 1. The number of ether oxygens (including phenoxy) is 2. The van der Waals surface area contributed by atoms with Crippen LogP contribution in [-0.4, -0.2) is 29.6 Å². The summed E-state index contributed by atoms with van der Waals surface area (Å²) in [4.78, 5) is 11.4. The van der Waals surface area contributed by atoms with Gasteiger partial charge in [-0.15, -0.1) is 0 Å². The van der Waals surface area contributed by atoms with Gasteiger partial charge in [-0.3, -0.25) is 0 Å². The predicted molar refractivity (Wildman–Crippen MR) is 89.0 cm³/mol. The SMILES string of the molecule is CCOc1cc(/C=N/NC(=O)OC(C)(C)C)cc(I)c1O. The van der Waals surface area contributed by atoms with E-state index in [1.807, 2.05) is 29.5 Å². The molecule has 0 saturated carbocycles. The van der Waals surface area contributed by atoms with Gasteiger partial charge in [0.2, 0.25) is 0 Å². The van der Waals surface area contributed by atoms with E-state index in [0.717, 1.165) is 0 Å². The number of hydrogen-bond acceptors (Lipinski definition) is 5. The summed E-state index contributed by atoms with van der Waals surface area (Å²) < 4.78 is 11.0. The van der Waals surface area contributed by atoms with Crippen LogP contribution >= 0.6 is 22.6 Å². The molecule has 0 atom stereocenters. The number of rotatable bonds is 4. The van der Waals surface area contributed by atoms with Crippen LogP contribution in [0.1, 0.15) is 33.3 Å². The summed E-state index contributed by atoms with van der Waals surface area (Å²) >= 11 is 1.99. The van der Waals surface area contributed by atoms with Crippen molar-refractivity contribution in [2.75, 3.05) is 6.61 Å². The summed E-state index contributed by atoms with van der Waals surface area (Å²) in [5, 5.41) is 13.6. The molecule has 2 N–H and O–H groups in total. The molecular weight excluding hydrogens is 387 g/mol. The molecule has 0 radical (unpaired) electrons. The Morgan fingerprint density at radius 2 is 2.14 bits per heavy atom. The zero-order chi connectivity index (χ0) is 16.0. The lowest BCUT2D eigenvalue weighted by Crippen LogP contribution is -2.29. The molecule has 1 aromatic carbocycles. The Hall–Kier alpha value is -1.51. The third-order valence-electron chi connectivity index (χ3n) is 2.12. The number of phenolic OH excluding ortho intramolecular Hbond substituents is 1. The summed E-state index contributed by atoms with van der Waals surface area (Å²) in [5.41, 5.74) is 2.39. The molecular formula is C14H19IN2O4. The molecule has 0 aliphatic heterocycles. The first kappa shape index (κ1) is 17.5. The van der Waals surface area contributed by atoms with Crippen molar-refractivity contribution in [2.45, 2.75) is 33.3 Å². The number of carbonyl (C=O) groups excluding carboxylic acids is 1. The molecule has 116 valence electrons. The number of phenols is 1. The van der Waals surface area contributed by atoms with Gasteiger partial charge in [0, 0.05) is 0 Å². The van der Waals surface area contributed by atoms with E-state index < -0.39 is 11.7 Å². The zero-order valence-electron chi connectivity index (χ0n) is 12.4. The van der Waals surface area contributed by atoms with Crippen molar-refractivity contribution in [1.29, 1.82) is 0 Å². The van der Waals surface area contributed by atoms with Gasteiger partial charge in [-0.1, -0.05) is 0 Å². The molecule has 1 amide bonds. The van der Waals surface area contributed by atoms with E-state index in [9.17, 15) is 9.90 Å². The molecule has 1 aromatic rings. The van der Waals surface area contributed by atoms with Gasteiger partial charge in [-0.25, -0.2) is 10.2 Å². The average Bonchev–Trinajstić information content (AvgIpc) is 2.33. The minimum absolute atomic E-state index is 0.0923. The van der Waals surface area contributed by atoms with Gasteiger partial charge in [0.1, 0.15) is 5.60 Å². The maximum atomic E-state index is 11.4. The fraction of sp³-hybridized carbons (Fsp3) is 0.429. The largest absolute Gasteiger partial charge is 0.504 e. The molecule has 0 aliphatic rings. The second kappa shape index (κ2) is 7.48. The minimum atomic E-state index is -0.628. The predicted octanol–water partition coefficient (Wildman–Crippen LogP) is 3.25. The normalized spacial score (nSPS) is 11.5. The van der Waals surface area contributed by atoms with E-state index in [2.05, 4.69) is 10.5 Å². The Kier molecular flexibility index (Phi) is 6.25. The van der Waals surface area contributed by atoms with Crippen LogP contribution in [0.15, 0.2) is 17.2 Å². The second-order valence-corrected chi connectivity index (χ2v) is 6.32. The van der Waals surface area contributed by atoms with Gasteiger partial charge in [0.05, 0.1) is 16.4 Å². The average molecular weight is 406 g/mol. The lowest BCUT2D eigenvalue weighted by molar-refractivity contribution is 0.0529. The second-order valence-electron chi connectivity index (χ2n) is 5.15. The molecule has 0 fully saturated rings. The number of nitrogens with zero attached hydrogens (tertiary/aromatic N) is 1. The number of benzene rings is 1. The van der Waals surface area contributed by atoms with Crippen molar-refractivity contribution in [3.63, 3.8) is 0 Å². The fourth-order valence-electron chi connectivity index (χ4n) is 1.39. The molecule has 7 heteroatoms. The lowest BCUT2D eigenvalue weighted by atomic mass is 10.2. The summed E-state index contributed by atoms with van der Waals surface area (Å²) in [7, 11) is 0. The first-order valence-electron chi connectivity index (χ1n) is 6.40. The van der Waals surface area contributed by atoms with E-state index in [4.69, 9.17) is 9.47 Å². The van der Waals surface area contributed by atoms with Crippen LogP contribution in [0.2, 0.25) is 0 Å². The van der Waals surface area contributed by atoms with Crippen LogP contribution in [-0.2, 0) is 4.74 Å². The lowest BCUT2D eigenvalue weighted by Gasteiger charge is -2.18. The minimum Gasteiger partial charge on any atom is -0.504 e. The number of hydrazone groups is 1. The number of nitrogens with one attached hydrogen (secondary N) is 1. The van der Waals surface area contributed by atoms with Crippen molar-refractivity contribution >= 4 is 34.9 Å². The van der Waals surface area contributed by atoms with Gasteiger partial charge in [-0.05, 0) is 68.0 Å². The van der Waals surface area contributed by atoms with Crippen LogP contribution in [0, 0.1) is 3.57 Å². The van der Waals surface area contributed by atoms with E-state index >= 15 is 0 Å². The fourth-order valence-corrected chi connectivity index (χ4v) is 2.02. The third-order valence-corrected chi connectivity index (χ3v) is 2.94. The Balaban J connectivity index is 2.74. The van der Waals surface area contributed by atoms with Gasteiger partial charge in [-0.2, -0.15) is 5.10 Å². The molecule has 0 unspecified atom stereocenters. The number of hydrogen-bond donors (Lipinski definition) is 2. The van der Waals surface area contributed by atoms with Crippen molar-refractivity contribution in [3.05, 3.63) is 21.3 Å². The first-order chi connectivity index (χ1) is 9.73. The van der Waals surface area contributed by atoms with E-state index in [-0.39, 0.29) is 5.75 Å². The Bertz CT molecular complexity index is 539. The monoisotopic (exact) mass is 406 g/mol. The summed E-state index contributed by atoms with van der Waals surface area (Å²) in [6, 6.07) is 3.36. The number of halogens is 1. The quantitative estimate of drug-likeness (QED) is 0.457. The highest BCUT2D eigenvalue weighted by Crippen LogP contribution is 2.32. The van der Waals surface area contributed by atoms with Crippen LogP contribution < -0.4 is 10.2 Å². The van der Waals surface area contributed by atoms with Gasteiger partial charge in [0.15, 0.2) is 11.5 Å². The molecule has 0 heterocycles. The highest BCUT2D eigenvalue weighted by Gasteiger charge is 2.15. The number of carbonyl (C=O) groups is 1. The standard InChI is InChI=1S/C14H19IN2O4/c1-5-20-11-7-9(6-10(15)12(11)18)8-16-17-13(19)21-14(2,3)4/h6-8,18H,5H2,1-4H3,(H,17,19)/b16-8+. The zero-order valence-corrected chi connectivity index (χ0v) is 14.6. The maximum Gasteiger partial charge on any atom is 0.428 e. The molecule has 0 spiro atoms. The Morgan fingerprint density at radius 3 is 2.71 bits per heavy atom. The van der Waals surface area contributed by atoms with E-state index in [1.165, 1.54) is 6.21 Å². The van der Waals surface area contributed by atoms with Crippen LogP contribution in [0.3, 0.4) is 0 Å². The van der Waals surface area contributed by atoms with Crippen LogP contribution in [0.4, 0.5) is 4.79 Å². The van der Waals surface area contributed by atoms with Crippen LogP contribution in [0.25, 0.3) is 0 Å². The van der Waals surface area contributed by atoms with Gasteiger partial charge >= 0.3 is 6.09 Å². The first-order valence-corrected chi connectivity index (χ1v) is 7.48. The molecule has 0 aromatic heterocycles. The van der Waals surface area contributed by atoms with Gasteiger partial charge < -0.3 is 14.6 Å². The van der Waals surface area contributed by atoms with Gasteiger partial charge in [0.25, 0.3) is 0 Å². The van der Waals surface area contributed by atoms with E-state index in [0.29, 0.717) is 21.5 Å². The topological polar surface area (TPSA) is 80.2 Å². The van der Waals surface area contributed by atoms with Crippen molar-refractivity contribution < 1.29 is 19.4 Å². The smallest absolute Gasteiger partial charge is 0.428 e. The third kappa shape index (κ3) is 6.19. The highest BCUT2D eigenvalue weighted by molar-refractivity contribution is 14.1. The molecule has 0 aliphatic carbocycles. The molecule has 1 rings (SSSR count). The number of amides is 1. The Labute approximate surface area is 137 Å². The molecule has 21 heavy (non-hydrogen) atoms. The highest BCUT2D eigenvalue weighted by atomic mass is 127. The van der Waals surface area contributed by atoms with Crippen molar-refractivity contribution in [2.24, 2.45) is 5.10 Å². The molecule has 6 nitrogen and oxygen atoms in total. The summed E-state index contributed by atoms with van der Waals surface area (Å²) in [6.07, 6.45) is 0.825. The summed E-state index contributed by atoms with van der Waals surface area (Å²) in [6.45, 7) is 7.59. The molecule has 0 saturated heterocycles. The van der Waals surface area contributed by atoms with Crippen molar-refractivity contribution in [3.8, 4) is 11.5 Å². The Morgan fingerprint density at radius 1 is 1.48 bits per heavy atom. The van der Waals surface area contributed by atoms with Crippen LogP contribution in [0.5, 0.6) is 11.5 Å². The van der Waals surface area contributed by atoms with Crippen molar-refractivity contribution in [1.82, 2.24) is 5.43 Å². The molecule has 0 bridgehead atoms. The summed E-state index contributed by atoms with van der Waals surface area (Å²) in [5.74, 6) is 0.470. The van der Waals surface area contributed by atoms with E-state index in [1.54, 1.807) is 32.9 Å².